The third-order valence-corrected chi connectivity index (χ3v) is 2.10. The average molecular weight is 142 g/mol. The summed E-state index contributed by atoms with van der Waals surface area (Å²) in [7, 11) is 0. The second-order valence-corrected chi connectivity index (χ2v) is 3.31. The molecule has 1 atom stereocenters. The van der Waals surface area contributed by atoms with Gasteiger partial charge in [0, 0.05) is 6.04 Å². The van der Waals surface area contributed by atoms with Gasteiger partial charge in [-0.15, -0.1) is 0 Å². The van der Waals surface area contributed by atoms with E-state index in [1.54, 1.807) is 0 Å². The van der Waals surface area contributed by atoms with E-state index in [-0.39, 0.29) is 0 Å². The first-order chi connectivity index (χ1) is 4.79. The van der Waals surface area contributed by atoms with Crippen molar-refractivity contribution in [1.29, 1.82) is 0 Å². The van der Waals surface area contributed by atoms with E-state index in [2.05, 4.69) is 11.8 Å². The molecule has 0 aliphatic carbocycles. The fourth-order valence-corrected chi connectivity index (χ4v) is 1.39. The molecule has 1 aliphatic rings. The summed E-state index contributed by atoms with van der Waals surface area (Å²) in [4.78, 5) is 2.50. The first-order valence-corrected chi connectivity index (χ1v) is 4.27. The number of hydrogen-bond acceptors (Lipinski definition) is 2. The van der Waals surface area contributed by atoms with Gasteiger partial charge in [-0.25, -0.2) is 0 Å². The van der Waals surface area contributed by atoms with Crippen molar-refractivity contribution >= 4 is 0 Å². The predicted molar refractivity (Wildman–Crippen MR) is 43.9 cm³/mol. The summed E-state index contributed by atoms with van der Waals surface area (Å²) in [6, 6.07) is 0.376. The summed E-state index contributed by atoms with van der Waals surface area (Å²) >= 11 is 0. The number of rotatable bonds is 3. The Bertz CT molecular complexity index is 85.3. The lowest BCUT2D eigenvalue weighted by Crippen LogP contribution is -2.26. The summed E-state index contributed by atoms with van der Waals surface area (Å²) in [6.07, 6.45) is 3.93. The predicted octanol–water partition coefficient (Wildman–Crippen LogP) is 0.820. The summed E-state index contributed by atoms with van der Waals surface area (Å²) in [6.45, 7) is 5.88. The molecule has 2 heteroatoms. The molecule has 10 heavy (non-hydrogen) atoms. The maximum atomic E-state index is 5.64. The van der Waals surface area contributed by atoms with Gasteiger partial charge in [-0.1, -0.05) is 0 Å². The van der Waals surface area contributed by atoms with Crippen molar-refractivity contribution in [2.45, 2.75) is 32.2 Å². The number of hydrogen-bond donors (Lipinski definition) is 1. The highest BCUT2D eigenvalue weighted by atomic mass is 15.1. The summed E-state index contributed by atoms with van der Waals surface area (Å²) in [5, 5.41) is 0. The normalized spacial score (nSPS) is 23.4. The molecule has 60 valence electrons. The molecule has 1 heterocycles. The molecule has 0 unspecified atom stereocenters. The Morgan fingerprint density at radius 3 is 2.50 bits per heavy atom. The van der Waals surface area contributed by atoms with Crippen molar-refractivity contribution in [3.05, 3.63) is 0 Å². The van der Waals surface area contributed by atoms with Crippen molar-refractivity contribution in [1.82, 2.24) is 4.90 Å². The van der Waals surface area contributed by atoms with Crippen LogP contribution in [-0.4, -0.2) is 30.6 Å². The van der Waals surface area contributed by atoms with Gasteiger partial charge in [0.25, 0.3) is 0 Å². The van der Waals surface area contributed by atoms with Crippen LogP contribution in [0.1, 0.15) is 26.2 Å². The largest absolute Gasteiger partial charge is 0.328 e. The van der Waals surface area contributed by atoms with E-state index in [0.717, 1.165) is 6.42 Å². The fraction of sp³-hybridized carbons (Fsp3) is 1.00. The van der Waals surface area contributed by atoms with Gasteiger partial charge in [0.2, 0.25) is 0 Å². The van der Waals surface area contributed by atoms with Gasteiger partial charge >= 0.3 is 0 Å². The van der Waals surface area contributed by atoms with Crippen LogP contribution in [0.5, 0.6) is 0 Å². The topological polar surface area (TPSA) is 29.3 Å². The van der Waals surface area contributed by atoms with Gasteiger partial charge < -0.3 is 10.6 Å². The minimum absolute atomic E-state index is 0.376. The van der Waals surface area contributed by atoms with E-state index in [4.69, 9.17) is 5.73 Å². The standard InChI is InChI=1S/C8H18N2/c1-8(9)4-7-10-5-2-3-6-10/h8H,2-7,9H2,1H3/t8-/m0/s1. The van der Waals surface area contributed by atoms with Crippen molar-refractivity contribution in [2.24, 2.45) is 5.73 Å². The van der Waals surface area contributed by atoms with Crippen LogP contribution in [0.15, 0.2) is 0 Å². The van der Waals surface area contributed by atoms with Crippen molar-refractivity contribution in [3.63, 3.8) is 0 Å². The third-order valence-electron chi connectivity index (χ3n) is 2.10. The molecular weight excluding hydrogens is 124 g/mol. The Morgan fingerprint density at radius 2 is 2.00 bits per heavy atom. The lowest BCUT2D eigenvalue weighted by molar-refractivity contribution is 0.324. The van der Waals surface area contributed by atoms with Crippen LogP contribution < -0.4 is 5.73 Å². The third kappa shape index (κ3) is 2.67. The molecule has 1 aliphatic heterocycles. The zero-order chi connectivity index (χ0) is 7.40. The maximum Gasteiger partial charge on any atom is 0.00226 e. The molecule has 0 radical (unpaired) electrons. The molecule has 0 saturated carbocycles. The van der Waals surface area contributed by atoms with E-state index in [1.807, 2.05) is 0 Å². The van der Waals surface area contributed by atoms with Crippen LogP contribution in [0.4, 0.5) is 0 Å². The highest BCUT2D eigenvalue weighted by Crippen LogP contribution is 2.07. The van der Waals surface area contributed by atoms with Crippen molar-refractivity contribution in [2.75, 3.05) is 19.6 Å². The molecule has 1 rings (SSSR count). The van der Waals surface area contributed by atoms with Crippen LogP contribution in [0.2, 0.25) is 0 Å². The molecule has 0 aromatic rings. The molecule has 0 bridgehead atoms. The fourth-order valence-electron chi connectivity index (χ4n) is 1.39. The zero-order valence-corrected chi connectivity index (χ0v) is 6.84. The molecular formula is C8H18N2. The van der Waals surface area contributed by atoms with E-state index < -0.39 is 0 Å². The Labute approximate surface area is 63.4 Å². The highest BCUT2D eigenvalue weighted by molar-refractivity contribution is 4.67. The van der Waals surface area contributed by atoms with Crippen LogP contribution in [0.25, 0.3) is 0 Å². The Balaban J connectivity index is 2.01. The molecule has 1 saturated heterocycles. The smallest absolute Gasteiger partial charge is 0.00226 e. The number of nitrogens with two attached hydrogens (primary N) is 1. The van der Waals surface area contributed by atoms with E-state index in [1.165, 1.54) is 32.5 Å². The van der Waals surface area contributed by atoms with Gasteiger partial charge in [-0.2, -0.15) is 0 Å². The van der Waals surface area contributed by atoms with Crippen LogP contribution in [0, 0.1) is 0 Å². The van der Waals surface area contributed by atoms with Gasteiger partial charge in [-0.3, -0.25) is 0 Å². The molecule has 0 aromatic heterocycles. The minimum atomic E-state index is 0.376. The lowest BCUT2D eigenvalue weighted by Gasteiger charge is -2.15. The Morgan fingerprint density at radius 1 is 1.40 bits per heavy atom. The molecule has 0 spiro atoms. The maximum absolute atomic E-state index is 5.64. The first kappa shape index (κ1) is 8.02. The van der Waals surface area contributed by atoms with Gasteiger partial charge in [0.05, 0.1) is 0 Å². The molecule has 2 N–H and O–H groups in total. The van der Waals surface area contributed by atoms with Gasteiger partial charge in [0.15, 0.2) is 0 Å². The highest BCUT2D eigenvalue weighted by Gasteiger charge is 2.10. The second kappa shape index (κ2) is 3.94. The molecule has 0 amide bonds. The molecule has 2 nitrogen and oxygen atoms in total. The van der Waals surface area contributed by atoms with Crippen molar-refractivity contribution < 1.29 is 0 Å². The SMILES string of the molecule is C[C@H](N)CCN1CCCC1. The molecule has 1 fully saturated rings. The summed E-state index contributed by atoms with van der Waals surface area (Å²) < 4.78 is 0. The van der Waals surface area contributed by atoms with E-state index in [0.29, 0.717) is 6.04 Å². The second-order valence-electron chi connectivity index (χ2n) is 3.31. The first-order valence-electron chi connectivity index (χ1n) is 4.27. The van der Waals surface area contributed by atoms with E-state index >= 15 is 0 Å². The monoisotopic (exact) mass is 142 g/mol. The Kier molecular flexibility index (Phi) is 3.16. The van der Waals surface area contributed by atoms with Crippen LogP contribution in [-0.2, 0) is 0 Å². The zero-order valence-electron chi connectivity index (χ0n) is 6.84. The summed E-state index contributed by atoms with van der Waals surface area (Å²) in [5.41, 5.74) is 5.64. The summed E-state index contributed by atoms with van der Waals surface area (Å²) in [5.74, 6) is 0. The number of nitrogens with zero attached hydrogens (tertiary/aromatic N) is 1. The number of likely N-dealkylation sites (tertiary alicyclic amines) is 1. The van der Waals surface area contributed by atoms with Crippen LogP contribution >= 0.6 is 0 Å². The van der Waals surface area contributed by atoms with Gasteiger partial charge in [0.1, 0.15) is 0 Å². The minimum Gasteiger partial charge on any atom is -0.328 e. The van der Waals surface area contributed by atoms with Crippen LogP contribution in [0.3, 0.4) is 0 Å². The molecule has 0 aromatic carbocycles. The quantitative estimate of drug-likeness (QED) is 0.632. The lowest BCUT2D eigenvalue weighted by atomic mass is 10.2. The van der Waals surface area contributed by atoms with Gasteiger partial charge in [-0.05, 0) is 45.8 Å². The Hall–Kier alpha value is -0.0800. The average Bonchev–Trinajstić information content (AvgIpc) is 2.34. The van der Waals surface area contributed by atoms with E-state index in [9.17, 15) is 0 Å². The van der Waals surface area contributed by atoms with Crippen molar-refractivity contribution in [3.8, 4) is 0 Å².